The molecule has 3 rings (SSSR count). The van der Waals surface area contributed by atoms with Gasteiger partial charge >= 0.3 is 11.9 Å². The van der Waals surface area contributed by atoms with E-state index in [2.05, 4.69) is 0 Å². The maximum atomic E-state index is 12.1. The van der Waals surface area contributed by atoms with Gasteiger partial charge in [0.25, 0.3) is 0 Å². The fraction of sp³-hybridized carbons (Fsp3) is 0.385. The van der Waals surface area contributed by atoms with Gasteiger partial charge in [0.1, 0.15) is 23.1 Å². The molecule has 1 aliphatic heterocycles. The van der Waals surface area contributed by atoms with E-state index in [4.69, 9.17) is 19.0 Å². The van der Waals surface area contributed by atoms with E-state index >= 15 is 0 Å². The highest BCUT2D eigenvalue weighted by molar-refractivity contribution is 7.20. The summed E-state index contributed by atoms with van der Waals surface area (Å²) in [5.74, 6) is -0.398. The molecule has 2 aliphatic rings. The lowest BCUT2D eigenvalue weighted by molar-refractivity contribution is -0.153. The van der Waals surface area contributed by atoms with Crippen molar-refractivity contribution in [1.82, 2.24) is 4.83 Å². The number of hydrogen-bond donors (Lipinski definition) is 1. The number of carbonyl (C=O) groups is 2. The number of hydroxylamine groups is 1. The lowest BCUT2D eigenvalue weighted by atomic mass is 9.83. The molecule has 3 atom stereocenters. The fourth-order valence-electron chi connectivity index (χ4n) is 4.13. The number of rotatable bonds is 11. The van der Waals surface area contributed by atoms with E-state index in [1.165, 1.54) is 13.4 Å². The Bertz CT molecular complexity index is 1170. The van der Waals surface area contributed by atoms with Gasteiger partial charge in [-0.1, -0.05) is 41.6 Å². The predicted molar refractivity (Wildman–Crippen MR) is 135 cm³/mol. The minimum atomic E-state index is -1.54. The standard InChI is InChI=1S/C26H32NO8P/c1-6-33-25(29)17(4)27(36-31)35-21-10-8-7-9-18(21)13-15(2)11-12-19-23(28)22-20(14-34-26(22)30)16(3)24(19)32-5/h7-11,14,16-17,28H,6,12-13,36H2,1-5H3. The van der Waals surface area contributed by atoms with Crippen LogP contribution in [0.1, 0.15) is 39.7 Å². The maximum Gasteiger partial charge on any atom is 0.347 e. The van der Waals surface area contributed by atoms with Crippen molar-refractivity contribution in [1.29, 1.82) is 0 Å². The van der Waals surface area contributed by atoms with Crippen molar-refractivity contribution in [2.24, 2.45) is 5.92 Å². The molecule has 0 saturated carbocycles. The second kappa shape index (κ2) is 12.1. The Kier molecular flexibility index (Phi) is 9.18. The first-order chi connectivity index (χ1) is 17.2. The van der Waals surface area contributed by atoms with Gasteiger partial charge in [0.2, 0.25) is 0 Å². The zero-order valence-corrected chi connectivity index (χ0v) is 22.2. The molecule has 0 fully saturated rings. The third-order valence-electron chi connectivity index (χ3n) is 6.10. The Hall–Kier alpha value is -3.29. The van der Waals surface area contributed by atoms with E-state index in [1.807, 2.05) is 32.1 Å². The van der Waals surface area contributed by atoms with Crippen LogP contribution in [0.3, 0.4) is 0 Å². The number of para-hydroxylation sites is 1. The van der Waals surface area contributed by atoms with E-state index in [-0.39, 0.29) is 23.9 Å². The van der Waals surface area contributed by atoms with Gasteiger partial charge in [-0.25, -0.2) is 4.79 Å². The SMILES string of the molecule is CCOC(=O)C(C)N(Oc1ccccc1CC(C)=CCC1=C(OC)C(C)C2=COC(=O)C2=C1O)[PH2]=O. The molecule has 0 spiro atoms. The molecule has 1 heterocycles. The van der Waals surface area contributed by atoms with E-state index in [0.29, 0.717) is 35.5 Å². The van der Waals surface area contributed by atoms with Crippen LogP contribution in [0.15, 0.2) is 70.4 Å². The van der Waals surface area contributed by atoms with Crippen LogP contribution in [0.4, 0.5) is 0 Å². The summed E-state index contributed by atoms with van der Waals surface area (Å²) >= 11 is 0. The molecule has 1 aromatic rings. The van der Waals surface area contributed by atoms with Crippen LogP contribution in [-0.2, 0) is 34.8 Å². The van der Waals surface area contributed by atoms with Crippen LogP contribution < -0.4 is 4.84 Å². The summed E-state index contributed by atoms with van der Waals surface area (Å²) in [5.41, 5.74) is 3.11. The number of ether oxygens (including phenoxy) is 3. The average molecular weight is 518 g/mol. The molecule has 0 aromatic heterocycles. The molecular formula is C26H32NO8P. The molecule has 10 heteroatoms. The van der Waals surface area contributed by atoms with Crippen molar-refractivity contribution >= 4 is 20.5 Å². The highest BCUT2D eigenvalue weighted by Gasteiger charge is 2.39. The van der Waals surface area contributed by atoms with E-state index in [0.717, 1.165) is 16.0 Å². The Balaban J connectivity index is 1.79. The van der Waals surface area contributed by atoms with Crippen LogP contribution in [0.2, 0.25) is 0 Å². The molecule has 0 bridgehead atoms. The summed E-state index contributed by atoms with van der Waals surface area (Å²) in [6.45, 7) is 7.33. The predicted octanol–water partition coefficient (Wildman–Crippen LogP) is 4.59. The zero-order chi connectivity index (χ0) is 26.4. The van der Waals surface area contributed by atoms with Crippen molar-refractivity contribution in [3.8, 4) is 5.75 Å². The lowest BCUT2D eigenvalue weighted by Gasteiger charge is -2.25. The quantitative estimate of drug-likeness (QED) is 0.195. The number of benzene rings is 1. The summed E-state index contributed by atoms with van der Waals surface area (Å²) in [6, 6.07) is 6.45. The van der Waals surface area contributed by atoms with E-state index < -0.39 is 26.6 Å². The Morgan fingerprint density at radius 2 is 2.06 bits per heavy atom. The summed E-state index contributed by atoms with van der Waals surface area (Å²) < 4.78 is 27.4. The number of hydrogen-bond acceptors (Lipinski definition) is 8. The van der Waals surface area contributed by atoms with Gasteiger partial charge in [0, 0.05) is 22.6 Å². The van der Waals surface area contributed by atoms with Crippen LogP contribution in [-0.4, -0.2) is 41.6 Å². The van der Waals surface area contributed by atoms with Crippen LogP contribution in [0, 0.1) is 5.92 Å². The number of aliphatic hydroxyl groups excluding tert-OH is 1. The van der Waals surface area contributed by atoms with Crippen molar-refractivity contribution in [3.05, 3.63) is 76.0 Å². The first-order valence-corrected chi connectivity index (χ1v) is 12.7. The van der Waals surface area contributed by atoms with E-state index in [9.17, 15) is 19.3 Å². The first-order valence-electron chi connectivity index (χ1n) is 11.7. The van der Waals surface area contributed by atoms with Crippen LogP contribution in [0.25, 0.3) is 0 Å². The Morgan fingerprint density at radius 3 is 2.72 bits per heavy atom. The lowest BCUT2D eigenvalue weighted by Crippen LogP contribution is -2.36. The highest BCUT2D eigenvalue weighted by Crippen LogP contribution is 2.42. The average Bonchev–Trinajstić information content (AvgIpc) is 3.26. The molecule has 0 amide bonds. The Labute approximate surface area is 211 Å². The van der Waals surface area contributed by atoms with Gasteiger partial charge in [-0.15, -0.1) is 0 Å². The third-order valence-corrected chi connectivity index (χ3v) is 6.86. The van der Waals surface area contributed by atoms with Gasteiger partial charge in [0.05, 0.1) is 20.0 Å². The fourth-order valence-corrected chi connectivity index (χ4v) is 4.59. The molecule has 0 radical (unpaired) electrons. The van der Waals surface area contributed by atoms with Gasteiger partial charge in [-0.05, 0) is 39.7 Å². The van der Waals surface area contributed by atoms with Gasteiger partial charge < -0.3 is 28.7 Å². The summed E-state index contributed by atoms with van der Waals surface area (Å²) in [6.07, 6.45) is 4.15. The summed E-state index contributed by atoms with van der Waals surface area (Å²) in [5, 5.41) is 10.8. The highest BCUT2D eigenvalue weighted by atomic mass is 31.1. The maximum absolute atomic E-state index is 12.1. The molecule has 1 aliphatic carbocycles. The third kappa shape index (κ3) is 5.74. The summed E-state index contributed by atoms with van der Waals surface area (Å²) in [4.78, 5) is 31.2. The van der Waals surface area contributed by atoms with Gasteiger partial charge in [-0.2, -0.15) is 0 Å². The normalized spacial score (nSPS) is 18.9. The molecule has 1 aromatic carbocycles. The number of esters is 2. The number of fused-ring (bicyclic) bond motifs is 1. The van der Waals surface area contributed by atoms with Crippen molar-refractivity contribution in [3.63, 3.8) is 0 Å². The monoisotopic (exact) mass is 517 g/mol. The largest absolute Gasteiger partial charge is 0.507 e. The number of aliphatic hydroxyl groups is 1. The van der Waals surface area contributed by atoms with Crippen molar-refractivity contribution in [2.75, 3.05) is 13.7 Å². The number of nitrogens with zero attached hydrogens (tertiary/aromatic N) is 1. The molecule has 3 unspecified atom stereocenters. The summed E-state index contributed by atoms with van der Waals surface area (Å²) in [7, 11) is -0.00570. The number of allylic oxidation sites excluding steroid dienone is 4. The minimum Gasteiger partial charge on any atom is -0.507 e. The van der Waals surface area contributed by atoms with Crippen LogP contribution in [0.5, 0.6) is 5.75 Å². The second-order valence-corrected chi connectivity index (χ2v) is 9.21. The molecule has 9 nitrogen and oxygen atoms in total. The van der Waals surface area contributed by atoms with Crippen molar-refractivity contribution < 1.29 is 38.3 Å². The molecular weight excluding hydrogens is 485 g/mol. The van der Waals surface area contributed by atoms with Gasteiger partial charge in [0.15, 0.2) is 14.4 Å². The number of carbonyl (C=O) groups excluding carboxylic acids is 2. The van der Waals surface area contributed by atoms with Crippen LogP contribution >= 0.6 is 8.61 Å². The van der Waals surface area contributed by atoms with E-state index in [1.54, 1.807) is 26.0 Å². The molecule has 0 saturated heterocycles. The number of methoxy groups -OCH3 is 1. The Morgan fingerprint density at radius 1 is 1.33 bits per heavy atom. The zero-order valence-electron chi connectivity index (χ0n) is 21.1. The van der Waals surface area contributed by atoms with Gasteiger partial charge in [-0.3, -0.25) is 4.79 Å². The topological polar surface area (TPSA) is 112 Å². The van der Waals surface area contributed by atoms with Crippen molar-refractivity contribution in [2.45, 2.75) is 46.6 Å². The molecule has 36 heavy (non-hydrogen) atoms. The first kappa shape index (κ1) is 27.3. The minimum absolute atomic E-state index is 0.131. The smallest absolute Gasteiger partial charge is 0.347 e. The number of cyclic esters (lactones) is 1. The molecule has 1 N–H and O–H groups in total. The molecule has 194 valence electrons. The second-order valence-electron chi connectivity index (χ2n) is 8.49.